The van der Waals surface area contributed by atoms with E-state index in [0.717, 1.165) is 16.8 Å². The van der Waals surface area contributed by atoms with E-state index in [0.29, 0.717) is 5.65 Å². The number of nitrogens with zero attached hydrogens (tertiary/aromatic N) is 7. The zero-order valence-electron chi connectivity index (χ0n) is 9.17. The van der Waals surface area contributed by atoms with Crippen molar-refractivity contribution in [1.82, 2.24) is 29.5 Å². The predicted molar refractivity (Wildman–Crippen MR) is 60.5 cm³/mol. The van der Waals surface area contributed by atoms with Gasteiger partial charge in [-0.05, 0) is 6.20 Å². The van der Waals surface area contributed by atoms with Gasteiger partial charge in [0, 0.05) is 30.4 Å². The summed E-state index contributed by atoms with van der Waals surface area (Å²) in [5.74, 6) is 0. The van der Waals surface area contributed by atoms with Crippen molar-refractivity contribution in [1.29, 1.82) is 0 Å². The van der Waals surface area contributed by atoms with E-state index in [1.165, 1.54) is 6.33 Å². The Kier molecular flexibility index (Phi) is 1.71. The first kappa shape index (κ1) is 9.23. The Labute approximate surface area is 101 Å². The van der Waals surface area contributed by atoms with Crippen LogP contribution in [0.3, 0.4) is 0 Å². The van der Waals surface area contributed by atoms with Crippen molar-refractivity contribution in [2.24, 2.45) is 0 Å². The summed E-state index contributed by atoms with van der Waals surface area (Å²) in [5, 5.41) is 4.33. The first-order valence-corrected chi connectivity index (χ1v) is 5.35. The maximum absolute atomic E-state index is 4.33. The zero-order valence-corrected chi connectivity index (χ0v) is 9.17. The highest BCUT2D eigenvalue weighted by Gasteiger charge is 2.11. The first-order chi connectivity index (χ1) is 8.92. The second-order valence-corrected chi connectivity index (χ2v) is 3.81. The van der Waals surface area contributed by atoms with Gasteiger partial charge in [-0.25, -0.2) is 15.0 Å². The molecule has 0 radical (unpaired) electrons. The van der Waals surface area contributed by atoms with Gasteiger partial charge in [0.05, 0.1) is 5.56 Å². The molecule has 0 spiro atoms. The van der Waals surface area contributed by atoms with Crippen LogP contribution >= 0.6 is 0 Å². The molecule has 0 aromatic carbocycles. The van der Waals surface area contributed by atoms with E-state index in [1.54, 1.807) is 29.4 Å². The molecule has 0 unspecified atom stereocenters. The van der Waals surface area contributed by atoms with Crippen LogP contribution in [0.1, 0.15) is 0 Å². The van der Waals surface area contributed by atoms with Crippen molar-refractivity contribution in [3.8, 4) is 11.1 Å². The molecule has 0 fully saturated rings. The van der Waals surface area contributed by atoms with Crippen LogP contribution < -0.4 is 9.73 Å². The van der Waals surface area contributed by atoms with Gasteiger partial charge in [0.15, 0.2) is 5.65 Å². The Morgan fingerprint density at radius 1 is 1.06 bits per heavy atom. The minimum atomic E-state index is 0.619. The average Bonchev–Trinajstić information content (AvgIpc) is 2.97. The van der Waals surface area contributed by atoms with Gasteiger partial charge in [-0.2, -0.15) is 4.52 Å². The summed E-state index contributed by atoms with van der Waals surface area (Å²) in [6, 6.07) is 0. The number of aromatic nitrogens is 7. The van der Waals surface area contributed by atoms with Gasteiger partial charge in [0.25, 0.3) is 0 Å². The molecule has 7 nitrogen and oxygen atoms in total. The summed E-state index contributed by atoms with van der Waals surface area (Å²) in [6.07, 6.45) is 12.1. The molecule has 0 aliphatic rings. The van der Waals surface area contributed by atoms with Gasteiger partial charge in [0.1, 0.15) is 12.0 Å². The first-order valence-electron chi connectivity index (χ1n) is 5.35. The van der Waals surface area contributed by atoms with E-state index in [2.05, 4.69) is 25.0 Å². The molecule has 0 bridgehead atoms. The van der Waals surface area contributed by atoms with E-state index in [9.17, 15) is 0 Å². The molecular formula is C11H7N7. The molecule has 0 aliphatic carbocycles. The zero-order chi connectivity index (χ0) is 11.9. The van der Waals surface area contributed by atoms with Gasteiger partial charge in [0.2, 0.25) is 6.20 Å². The molecule has 7 heteroatoms. The lowest BCUT2D eigenvalue weighted by atomic mass is 10.2. The van der Waals surface area contributed by atoms with Crippen LogP contribution in [0.2, 0.25) is 0 Å². The summed E-state index contributed by atoms with van der Waals surface area (Å²) in [6.45, 7) is 0. The topological polar surface area (TPSA) is 74.2 Å². The quantitative estimate of drug-likeness (QED) is 0.431. The van der Waals surface area contributed by atoms with Gasteiger partial charge in [-0.15, -0.1) is 5.10 Å². The Balaban J connectivity index is 2.00. The number of hydrogen-bond acceptors (Lipinski definition) is 4. The van der Waals surface area contributed by atoms with Crippen LogP contribution in [0.15, 0.2) is 43.5 Å². The molecule has 4 aromatic rings. The Hall–Kier alpha value is -2.83. The minimum absolute atomic E-state index is 0.619. The third kappa shape index (κ3) is 1.21. The normalized spacial score (nSPS) is 11.3. The fourth-order valence-electron chi connectivity index (χ4n) is 1.90. The molecule has 0 N–H and O–H groups in total. The molecule has 0 atom stereocenters. The fourth-order valence-corrected chi connectivity index (χ4v) is 1.90. The van der Waals surface area contributed by atoms with Gasteiger partial charge < -0.3 is 4.98 Å². The maximum atomic E-state index is 4.33. The fraction of sp³-hybridized carbons (Fsp3) is 0. The molecule has 0 saturated heterocycles. The van der Waals surface area contributed by atoms with Gasteiger partial charge >= 0.3 is 0 Å². The SMILES string of the molecule is c1ncc(-c2cn3c4nccnc4[n-][n+]3c2)cn1. The van der Waals surface area contributed by atoms with Crippen molar-refractivity contribution >= 4 is 11.3 Å². The molecule has 18 heavy (non-hydrogen) atoms. The highest BCUT2D eigenvalue weighted by atomic mass is 15.5. The lowest BCUT2D eigenvalue weighted by molar-refractivity contribution is -0.674. The summed E-state index contributed by atoms with van der Waals surface area (Å²) in [5.41, 5.74) is 3.26. The Morgan fingerprint density at radius 3 is 2.78 bits per heavy atom. The van der Waals surface area contributed by atoms with Crippen LogP contribution in [0.4, 0.5) is 0 Å². The maximum Gasteiger partial charge on any atom is 0.211 e. The summed E-state index contributed by atoms with van der Waals surface area (Å²) in [7, 11) is 0. The number of fused-ring (bicyclic) bond motifs is 3. The predicted octanol–water partition coefficient (Wildman–Crippen LogP) is -0.118. The number of hydrogen-bond donors (Lipinski definition) is 0. The van der Waals surface area contributed by atoms with Crippen molar-refractivity contribution in [3.05, 3.63) is 43.5 Å². The summed E-state index contributed by atoms with van der Waals surface area (Å²) < 4.78 is 3.54. The minimum Gasteiger partial charge on any atom is -0.361 e. The van der Waals surface area contributed by atoms with E-state index in [1.807, 2.05) is 16.9 Å². The molecule has 0 aliphatic heterocycles. The lowest BCUT2D eigenvalue weighted by Gasteiger charge is -1.92. The third-order valence-electron chi connectivity index (χ3n) is 2.71. The van der Waals surface area contributed by atoms with Gasteiger partial charge in [-0.3, -0.25) is 0 Å². The molecule has 86 valence electrons. The van der Waals surface area contributed by atoms with Crippen molar-refractivity contribution in [3.63, 3.8) is 0 Å². The van der Waals surface area contributed by atoms with Crippen molar-refractivity contribution in [2.45, 2.75) is 0 Å². The molecule has 4 aromatic heterocycles. The standard InChI is InChI=1S/C11H7N7/c1-2-15-11-10(14-1)16-18-6-9(5-17(11)18)8-3-12-7-13-4-8/h1-7H. The molecule has 0 saturated carbocycles. The molecule has 4 heterocycles. The molecule has 4 rings (SSSR count). The highest BCUT2D eigenvalue weighted by molar-refractivity contribution is 5.64. The van der Waals surface area contributed by atoms with Crippen LogP contribution in [0, 0.1) is 0 Å². The monoisotopic (exact) mass is 237 g/mol. The second kappa shape index (κ2) is 3.33. The largest absolute Gasteiger partial charge is 0.361 e. The average molecular weight is 237 g/mol. The van der Waals surface area contributed by atoms with Crippen molar-refractivity contribution in [2.75, 3.05) is 0 Å². The van der Waals surface area contributed by atoms with E-state index < -0.39 is 0 Å². The van der Waals surface area contributed by atoms with E-state index in [4.69, 9.17) is 0 Å². The summed E-state index contributed by atoms with van der Waals surface area (Å²) in [4.78, 5) is 16.4. The summed E-state index contributed by atoms with van der Waals surface area (Å²) >= 11 is 0. The Bertz CT molecular complexity index is 830. The van der Waals surface area contributed by atoms with Crippen LogP contribution in [0.5, 0.6) is 0 Å². The van der Waals surface area contributed by atoms with Crippen molar-refractivity contribution < 1.29 is 4.63 Å². The van der Waals surface area contributed by atoms with Crippen LogP contribution in [-0.4, -0.2) is 24.5 Å². The smallest absolute Gasteiger partial charge is 0.211 e. The lowest BCUT2D eigenvalue weighted by Crippen LogP contribution is -2.28. The molecular weight excluding hydrogens is 230 g/mol. The van der Waals surface area contributed by atoms with E-state index in [-0.39, 0.29) is 0 Å². The second-order valence-electron chi connectivity index (χ2n) is 3.81. The van der Waals surface area contributed by atoms with Crippen LogP contribution in [-0.2, 0) is 0 Å². The van der Waals surface area contributed by atoms with Gasteiger partial charge in [-0.1, -0.05) is 4.63 Å². The number of rotatable bonds is 1. The third-order valence-corrected chi connectivity index (χ3v) is 2.71. The Morgan fingerprint density at radius 2 is 1.89 bits per heavy atom. The highest BCUT2D eigenvalue weighted by Crippen LogP contribution is 2.15. The molecule has 0 amide bonds. The van der Waals surface area contributed by atoms with E-state index >= 15 is 0 Å². The van der Waals surface area contributed by atoms with Crippen LogP contribution in [0.25, 0.3) is 22.4 Å².